The maximum Gasteiger partial charge on any atom is 0.371 e. The molecule has 2 aromatic rings. The van der Waals surface area contributed by atoms with Crippen LogP contribution in [-0.4, -0.2) is 29.1 Å². The van der Waals surface area contributed by atoms with E-state index in [1.165, 1.54) is 18.4 Å². The van der Waals surface area contributed by atoms with Crippen LogP contribution in [0.5, 0.6) is 0 Å². The minimum atomic E-state index is -1.02. The fourth-order valence-electron chi connectivity index (χ4n) is 2.77. The average Bonchev–Trinajstić information content (AvgIpc) is 2.85. The van der Waals surface area contributed by atoms with Crippen molar-refractivity contribution in [3.8, 4) is 0 Å². The van der Waals surface area contributed by atoms with Gasteiger partial charge in [-0.05, 0) is 55.6 Å². The van der Waals surface area contributed by atoms with Crippen molar-refractivity contribution in [3.63, 3.8) is 0 Å². The van der Waals surface area contributed by atoms with Crippen LogP contribution >= 0.6 is 0 Å². The number of aromatic carboxylic acids is 1. The highest BCUT2D eigenvalue weighted by Crippen LogP contribution is 2.23. The third-order valence-electron chi connectivity index (χ3n) is 4.07. The quantitative estimate of drug-likeness (QED) is 0.931. The van der Waals surface area contributed by atoms with Crippen LogP contribution in [0.25, 0.3) is 11.0 Å². The van der Waals surface area contributed by atoms with Gasteiger partial charge in [0.1, 0.15) is 5.58 Å². The van der Waals surface area contributed by atoms with Crippen molar-refractivity contribution in [1.29, 1.82) is 0 Å². The Morgan fingerprint density at radius 1 is 1.35 bits per heavy atom. The second kappa shape index (κ2) is 5.29. The highest BCUT2D eigenvalue weighted by atomic mass is 16.4. The number of carbonyl (C=O) groups is 1. The Hall–Kier alpha value is -1.81. The van der Waals surface area contributed by atoms with Crippen LogP contribution in [0.3, 0.4) is 0 Å². The normalized spacial score (nSPS) is 17.6. The van der Waals surface area contributed by atoms with Gasteiger partial charge in [0.25, 0.3) is 0 Å². The minimum Gasteiger partial charge on any atom is -0.475 e. The monoisotopic (exact) mass is 273 g/mol. The molecule has 2 heterocycles. The van der Waals surface area contributed by atoms with Crippen molar-refractivity contribution in [2.24, 2.45) is 5.92 Å². The molecule has 1 aliphatic rings. The Kier molecular flexibility index (Phi) is 3.49. The first-order chi connectivity index (χ1) is 9.61. The lowest BCUT2D eigenvalue weighted by molar-refractivity contribution is 0.0665. The molecule has 0 unspecified atom stereocenters. The molecule has 4 heteroatoms. The molecule has 4 nitrogen and oxygen atoms in total. The summed E-state index contributed by atoms with van der Waals surface area (Å²) < 4.78 is 5.28. The number of rotatable bonds is 3. The molecule has 1 N–H and O–H groups in total. The number of fused-ring (bicyclic) bond motifs is 1. The number of carboxylic acids is 1. The lowest BCUT2D eigenvalue weighted by Gasteiger charge is -2.30. The second-order valence-corrected chi connectivity index (χ2v) is 5.75. The predicted octanol–water partition coefficient (Wildman–Crippen LogP) is 3.36. The predicted molar refractivity (Wildman–Crippen MR) is 76.8 cm³/mol. The van der Waals surface area contributed by atoms with Gasteiger partial charge in [0.2, 0.25) is 5.76 Å². The number of likely N-dealkylation sites (tertiary alicyclic amines) is 1. The molecule has 1 aromatic carbocycles. The van der Waals surface area contributed by atoms with Crippen LogP contribution in [0.15, 0.2) is 28.7 Å². The Bertz CT molecular complexity index is 624. The summed E-state index contributed by atoms with van der Waals surface area (Å²) >= 11 is 0. The van der Waals surface area contributed by atoms with Crippen LogP contribution in [0.2, 0.25) is 0 Å². The van der Waals surface area contributed by atoms with Gasteiger partial charge in [-0.25, -0.2) is 4.79 Å². The molecule has 1 aliphatic heterocycles. The van der Waals surface area contributed by atoms with Gasteiger partial charge in [-0.15, -0.1) is 0 Å². The molecule has 0 aliphatic carbocycles. The van der Waals surface area contributed by atoms with Crippen LogP contribution in [0, 0.1) is 5.92 Å². The first-order valence-corrected chi connectivity index (χ1v) is 7.10. The van der Waals surface area contributed by atoms with Crippen molar-refractivity contribution in [2.45, 2.75) is 26.3 Å². The molecule has 1 saturated heterocycles. The zero-order valence-corrected chi connectivity index (χ0v) is 11.6. The standard InChI is InChI=1S/C16H19NO3/c1-11-4-6-17(7-5-11)10-12-2-3-14-13(8-12)9-15(20-14)16(18)19/h2-3,8-9,11H,4-7,10H2,1H3,(H,18,19). The molecule has 20 heavy (non-hydrogen) atoms. The summed E-state index contributed by atoms with van der Waals surface area (Å²) in [6.45, 7) is 5.52. The molecule has 0 saturated carbocycles. The molecule has 3 rings (SSSR count). The maximum atomic E-state index is 10.9. The van der Waals surface area contributed by atoms with Crippen LogP contribution in [0.1, 0.15) is 35.9 Å². The van der Waals surface area contributed by atoms with Crippen LogP contribution in [-0.2, 0) is 6.54 Å². The van der Waals surface area contributed by atoms with Crippen molar-refractivity contribution in [3.05, 3.63) is 35.6 Å². The fourth-order valence-corrected chi connectivity index (χ4v) is 2.77. The second-order valence-electron chi connectivity index (χ2n) is 5.75. The Balaban J connectivity index is 1.77. The van der Waals surface area contributed by atoms with Crippen molar-refractivity contribution in [2.75, 3.05) is 13.1 Å². The average molecular weight is 273 g/mol. The molecular formula is C16H19NO3. The van der Waals surface area contributed by atoms with E-state index in [9.17, 15) is 4.79 Å². The van der Waals surface area contributed by atoms with E-state index in [2.05, 4.69) is 11.8 Å². The topological polar surface area (TPSA) is 53.7 Å². The van der Waals surface area contributed by atoms with Crippen LogP contribution < -0.4 is 0 Å². The highest BCUT2D eigenvalue weighted by molar-refractivity contribution is 5.91. The SMILES string of the molecule is CC1CCN(Cc2ccc3oc(C(=O)O)cc3c2)CC1. The van der Waals surface area contributed by atoms with Crippen molar-refractivity contribution < 1.29 is 14.3 Å². The van der Waals surface area contributed by atoms with Crippen LogP contribution in [0.4, 0.5) is 0 Å². The van der Waals surface area contributed by atoms with E-state index in [-0.39, 0.29) is 5.76 Å². The Labute approximate surface area is 118 Å². The third-order valence-corrected chi connectivity index (χ3v) is 4.07. The molecular weight excluding hydrogens is 254 g/mol. The summed E-state index contributed by atoms with van der Waals surface area (Å²) in [7, 11) is 0. The zero-order chi connectivity index (χ0) is 14.1. The number of hydrogen-bond donors (Lipinski definition) is 1. The van der Waals surface area contributed by atoms with E-state index in [0.29, 0.717) is 5.58 Å². The Morgan fingerprint density at radius 3 is 2.80 bits per heavy atom. The molecule has 1 aromatic heterocycles. The summed E-state index contributed by atoms with van der Waals surface area (Å²) in [6.07, 6.45) is 2.52. The van der Waals surface area contributed by atoms with E-state index in [1.807, 2.05) is 18.2 Å². The lowest BCUT2D eigenvalue weighted by Crippen LogP contribution is -2.32. The van der Waals surface area contributed by atoms with Gasteiger partial charge in [0.05, 0.1) is 0 Å². The van der Waals surface area contributed by atoms with E-state index >= 15 is 0 Å². The summed E-state index contributed by atoms with van der Waals surface area (Å²) in [4.78, 5) is 13.4. The maximum absolute atomic E-state index is 10.9. The Morgan fingerprint density at radius 2 is 2.10 bits per heavy atom. The molecule has 1 fully saturated rings. The minimum absolute atomic E-state index is 0.00365. The van der Waals surface area contributed by atoms with Gasteiger partial charge in [0, 0.05) is 11.9 Å². The molecule has 0 bridgehead atoms. The number of hydrogen-bond acceptors (Lipinski definition) is 3. The molecule has 0 radical (unpaired) electrons. The van der Waals surface area contributed by atoms with Gasteiger partial charge in [0.15, 0.2) is 0 Å². The summed E-state index contributed by atoms with van der Waals surface area (Å²) in [5.41, 5.74) is 1.85. The largest absolute Gasteiger partial charge is 0.475 e. The summed E-state index contributed by atoms with van der Waals surface area (Å²) in [5, 5.41) is 9.81. The van der Waals surface area contributed by atoms with E-state index in [1.54, 1.807) is 6.07 Å². The van der Waals surface area contributed by atoms with Crippen molar-refractivity contribution >= 4 is 16.9 Å². The van der Waals surface area contributed by atoms with Gasteiger partial charge >= 0.3 is 5.97 Å². The summed E-state index contributed by atoms with van der Waals surface area (Å²) in [5.74, 6) is -0.183. The smallest absolute Gasteiger partial charge is 0.371 e. The highest BCUT2D eigenvalue weighted by Gasteiger charge is 2.16. The van der Waals surface area contributed by atoms with Gasteiger partial charge in [-0.1, -0.05) is 13.0 Å². The number of nitrogens with zero attached hydrogens (tertiary/aromatic N) is 1. The van der Waals surface area contributed by atoms with Gasteiger partial charge < -0.3 is 9.52 Å². The third kappa shape index (κ3) is 2.70. The van der Waals surface area contributed by atoms with E-state index < -0.39 is 5.97 Å². The van der Waals surface area contributed by atoms with Gasteiger partial charge in [-0.2, -0.15) is 0 Å². The van der Waals surface area contributed by atoms with Gasteiger partial charge in [-0.3, -0.25) is 4.90 Å². The zero-order valence-electron chi connectivity index (χ0n) is 11.6. The lowest BCUT2D eigenvalue weighted by atomic mass is 9.99. The fraction of sp³-hybridized carbons (Fsp3) is 0.438. The molecule has 0 amide bonds. The van der Waals surface area contributed by atoms with E-state index in [4.69, 9.17) is 9.52 Å². The molecule has 106 valence electrons. The molecule has 0 spiro atoms. The number of carboxylic acid groups (broad SMARTS) is 1. The van der Waals surface area contributed by atoms with Crippen molar-refractivity contribution in [1.82, 2.24) is 4.90 Å². The first kappa shape index (κ1) is 13.2. The van der Waals surface area contributed by atoms with E-state index in [0.717, 1.165) is 30.9 Å². The number of furan rings is 1. The summed E-state index contributed by atoms with van der Waals surface area (Å²) in [6, 6.07) is 7.52. The number of benzene rings is 1. The first-order valence-electron chi connectivity index (χ1n) is 7.10. The number of piperidine rings is 1. The molecule has 0 atom stereocenters.